The number of amides is 2. The molecule has 0 aliphatic heterocycles. The van der Waals surface area contributed by atoms with Crippen molar-refractivity contribution in [3.63, 3.8) is 0 Å². The van der Waals surface area contributed by atoms with E-state index in [1.54, 1.807) is 18.2 Å². The minimum atomic E-state index is -0.475. The van der Waals surface area contributed by atoms with Gasteiger partial charge < -0.3 is 15.7 Å². The first-order valence-corrected chi connectivity index (χ1v) is 8.35. The summed E-state index contributed by atoms with van der Waals surface area (Å²) < 4.78 is 0.754. The zero-order chi connectivity index (χ0) is 17.7. The zero-order valence-corrected chi connectivity index (χ0v) is 15.0. The van der Waals surface area contributed by atoms with Crippen molar-refractivity contribution in [3.05, 3.63) is 52.0 Å². The molecule has 3 N–H and O–H groups in total. The second-order valence-electron chi connectivity index (χ2n) is 5.40. The third-order valence-electron chi connectivity index (χ3n) is 3.81. The van der Waals surface area contributed by atoms with Crippen molar-refractivity contribution in [1.82, 2.24) is 0 Å². The van der Waals surface area contributed by atoms with Gasteiger partial charge in [-0.05, 0) is 52.5 Å². The van der Waals surface area contributed by atoms with Gasteiger partial charge in [-0.15, -0.1) is 0 Å². The Morgan fingerprint density at radius 3 is 2.54 bits per heavy atom. The van der Waals surface area contributed by atoms with Crippen molar-refractivity contribution >= 4 is 33.3 Å². The summed E-state index contributed by atoms with van der Waals surface area (Å²) in [5.74, 6) is -0.0570. The van der Waals surface area contributed by atoms with Crippen LogP contribution in [0.2, 0.25) is 0 Å². The molecule has 0 bridgehead atoms. The fraction of sp³-hybridized carbons (Fsp3) is 0.222. The molecule has 0 fully saturated rings. The van der Waals surface area contributed by atoms with Gasteiger partial charge in [0.2, 0.25) is 0 Å². The number of aromatic hydroxyl groups is 1. The Balaban J connectivity index is 2.25. The fourth-order valence-electron chi connectivity index (χ4n) is 2.35. The number of phenolic OH excluding ortho intramolecular Hbond substituents is 1. The summed E-state index contributed by atoms with van der Waals surface area (Å²) >= 11 is 3.36. The van der Waals surface area contributed by atoms with Crippen LogP contribution in [0.25, 0.3) is 0 Å². The quantitative estimate of drug-likeness (QED) is 0.631. The van der Waals surface area contributed by atoms with E-state index in [9.17, 15) is 15.2 Å². The summed E-state index contributed by atoms with van der Waals surface area (Å²) in [6, 6.07) is 12.0. The van der Waals surface area contributed by atoms with E-state index < -0.39 is 6.03 Å². The number of carbonyl (C=O) groups excluding carboxylic acids is 1. The monoisotopic (exact) mass is 387 g/mol. The molecular formula is C18H18BrN3O2. The number of rotatable bonds is 4. The summed E-state index contributed by atoms with van der Waals surface area (Å²) in [6.07, 6.45) is 0.773. The SMILES string of the molecule is CCC(C)c1c(C#N)ccc(NC(=O)Nc2ccccc2Br)c1O. The van der Waals surface area contributed by atoms with E-state index in [1.807, 2.05) is 26.0 Å². The molecule has 0 saturated carbocycles. The van der Waals surface area contributed by atoms with Crippen molar-refractivity contribution in [1.29, 1.82) is 5.26 Å². The third kappa shape index (κ3) is 3.87. The molecule has 1 atom stereocenters. The van der Waals surface area contributed by atoms with Crippen LogP contribution >= 0.6 is 15.9 Å². The highest BCUT2D eigenvalue weighted by molar-refractivity contribution is 9.10. The molecular weight excluding hydrogens is 370 g/mol. The molecule has 2 aromatic carbocycles. The highest BCUT2D eigenvalue weighted by atomic mass is 79.9. The number of hydrogen-bond donors (Lipinski definition) is 3. The van der Waals surface area contributed by atoms with Gasteiger partial charge >= 0.3 is 6.03 Å². The average Bonchev–Trinajstić information content (AvgIpc) is 2.57. The topological polar surface area (TPSA) is 85.2 Å². The number of carbonyl (C=O) groups is 1. The molecule has 0 aromatic heterocycles. The maximum atomic E-state index is 12.2. The summed E-state index contributed by atoms with van der Waals surface area (Å²) in [5.41, 5.74) is 1.86. The lowest BCUT2D eigenvalue weighted by atomic mass is 9.92. The van der Waals surface area contributed by atoms with Gasteiger partial charge in [0.05, 0.1) is 23.0 Å². The van der Waals surface area contributed by atoms with E-state index >= 15 is 0 Å². The van der Waals surface area contributed by atoms with Crippen LogP contribution in [-0.2, 0) is 0 Å². The number of nitrogens with zero attached hydrogens (tertiary/aromatic N) is 1. The number of nitriles is 1. The Kier molecular flexibility index (Phi) is 5.83. The number of nitrogens with one attached hydrogen (secondary N) is 2. The molecule has 0 heterocycles. The van der Waals surface area contributed by atoms with Crippen LogP contribution in [0, 0.1) is 11.3 Å². The molecule has 0 aliphatic carbocycles. The first-order chi connectivity index (χ1) is 11.5. The number of hydrogen-bond acceptors (Lipinski definition) is 3. The van der Waals surface area contributed by atoms with Gasteiger partial charge in [0.15, 0.2) is 0 Å². The summed E-state index contributed by atoms with van der Waals surface area (Å²) in [5, 5.41) is 25.0. The number of para-hydroxylation sites is 1. The highest BCUT2D eigenvalue weighted by Gasteiger charge is 2.18. The number of phenols is 1. The highest BCUT2D eigenvalue weighted by Crippen LogP contribution is 2.37. The summed E-state index contributed by atoms with van der Waals surface area (Å²) in [4.78, 5) is 12.2. The van der Waals surface area contributed by atoms with Gasteiger partial charge in [-0.3, -0.25) is 0 Å². The van der Waals surface area contributed by atoms with Gasteiger partial charge in [-0.2, -0.15) is 5.26 Å². The minimum absolute atomic E-state index is 0.00716. The van der Waals surface area contributed by atoms with Crippen molar-refractivity contribution in [2.45, 2.75) is 26.2 Å². The molecule has 2 aromatic rings. The van der Waals surface area contributed by atoms with Crippen LogP contribution in [0.1, 0.15) is 37.3 Å². The van der Waals surface area contributed by atoms with Crippen molar-refractivity contribution in [2.75, 3.05) is 10.6 Å². The maximum absolute atomic E-state index is 12.2. The largest absolute Gasteiger partial charge is 0.505 e. The zero-order valence-electron chi connectivity index (χ0n) is 13.4. The second-order valence-corrected chi connectivity index (χ2v) is 6.26. The normalized spacial score (nSPS) is 11.4. The third-order valence-corrected chi connectivity index (χ3v) is 4.50. The van der Waals surface area contributed by atoms with E-state index in [0.717, 1.165) is 10.9 Å². The predicted molar refractivity (Wildman–Crippen MR) is 98.3 cm³/mol. The van der Waals surface area contributed by atoms with Gasteiger partial charge in [0.1, 0.15) is 5.75 Å². The van der Waals surface area contributed by atoms with Gasteiger partial charge in [-0.1, -0.05) is 26.0 Å². The maximum Gasteiger partial charge on any atom is 0.323 e. The molecule has 0 saturated heterocycles. The van der Waals surface area contributed by atoms with Crippen LogP contribution in [0.4, 0.5) is 16.2 Å². The van der Waals surface area contributed by atoms with E-state index in [1.165, 1.54) is 6.07 Å². The lowest BCUT2D eigenvalue weighted by molar-refractivity contribution is 0.262. The van der Waals surface area contributed by atoms with E-state index in [2.05, 4.69) is 32.6 Å². The average molecular weight is 388 g/mol. The molecule has 2 rings (SSSR count). The Morgan fingerprint density at radius 1 is 1.25 bits per heavy atom. The molecule has 0 aliphatic rings. The molecule has 124 valence electrons. The Labute approximate surface area is 149 Å². The number of urea groups is 1. The van der Waals surface area contributed by atoms with E-state index in [4.69, 9.17) is 0 Å². The molecule has 1 unspecified atom stereocenters. The van der Waals surface area contributed by atoms with Crippen LogP contribution in [0.15, 0.2) is 40.9 Å². The molecule has 0 spiro atoms. The number of anilines is 2. The lowest BCUT2D eigenvalue weighted by Crippen LogP contribution is -2.20. The van der Waals surface area contributed by atoms with Crippen LogP contribution in [0.3, 0.4) is 0 Å². The standard InChI is InChI=1S/C18H18BrN3O2/c1-3-11(2)16-12(10-20)8-9-15(17(16)23)22-18(24)21-14-7-5-4-6-13(14)19/h4-9,11,23H,3H2,1-2H3,(H2,21,22,24). The van der Waals surface area contributed by atoms with E-state index in [-0.39, 0.29) is 17.4 Å². The Hall–Kier alpha value is -2.52. The van der Waals surface area contributed by atoms with Gasteiger partial charge in [-0.25, -0.2) is 4.79 Å². The molecule has 6 heteroatoms. The lowest BCUT2D eigenvalue weighted by Gasteiger charge is -2.17. The van der Waals surface area contributed by atoms with Crippen LogP contribution in [-0.4, -0.2) is 11.1 Å². The van der Waals surface area contributed by atoms with E-state index in [0.29, 0.717) is 16.8 Å². The van der Waals surface area contributed by atoms with Gasteiger partial charge in [0.25, 0.3) is 0 Å². The Morgan fingerprint density at radius 2 is 1.92 bits per heavy atom. The summed E-state index contributed by atoms with van der Waals surface area (Å²) in [6.45, 7) is 3.91. The first-order valence-electron chi connectivity index (χ1n) is 7.56. The van der Waals surface area contributed by atoms with Gasteiger partial charge in [0, 0.05) is 10.0 Å². The molecule has 2 amide bonds. The fourth-order valence-corrected chi connectivity index (χ4v) is 2.73. The number of benzene rings is 2. The van der Waals surface area contributed by atoms with Crippen molar-refractivity contribution in [3.8, 4) is 11.8 Å². The van der Waals surface area contributed by atoms with Crippen molar-refractivity contribution < 1.29 is 9.90 Å². The predicted octanol–water partition coefficient (Wildman–Crippen LogP) is 5.18. The molecule has 24 heavy (non-hydrogen) atoms. The number of halogens is 1. The smallest absolute Gasteiger partial charge is 0.323 e. The Bertz CT molecular complexity index is 799. The van der Waals surface area contributed by atoms with Crippen LogP contribution < -0.4 is 10.6 Å². The minimum Gasteiger partial charge on any atom is -0.505 e. The first kappa shape index (κ1) is 17.8. The van der Waals surface area contributed by atoms with Crippen molar-refractivity contribution in [2.24, 2.45) is 0 Å². The van der Waals surface area contributed by atoms with Crippen LogP contribution in [0.5, 0.6) is 5.75 Å². The summed E-state index contributed by atoms with van der Waals surface area (Å²) in [7, 11) is 0. The molecule has 5 nitrogen and oxygen atoms in total. The second kappa shape index (κ2) is 7.84. The molecule has 0 radical (unpaired) electrons.